The lowest BCUT2D eigenvalue weighted by Crippen LogP contribution is -2.24. The van der Waals surface area contributed by atoms with Gasteiger partial charge in [0.25, 0.3) is 0 Å². The van der Waals surface area contributed by atoms with Crippen LogP contribution in [0, 0.1) is 0 Å². The summed E-state index contributed by atoms with van der Waals surface area (Å²) in [5.74, 6) is 0. The Bertz CT molecular complexity index is 474. The van der Waals surface area contributed by atoms with E-state index in [-0.39, 0.29) is 0 Å². The average Bonchev–Trinajstić information content (AvgIpc) is 2.76. The van der Waals surface area contributed by atoms with Crippen LogP contribution in [0.5, 0.6) is 0 Å². The average molecular weight is 234 g/mol. The molecule has 1 unspecified atom stereocenters. The molecule has 16 heavy (non-hydrogen) atoms. The monoisotopic (exact) mass is 234 g/mol. The molecule has 0 aliphatic rings. The Labute approximate surface area is 101 Å². The second kappa shape index (κ2) is 4.56. The molecule has 86 valence electrons. The molecule has 2 rings (SSSR count). The summed E-state index contributed by atoms with van der Waals surface area (Å²) in [7, 11) is 0. The normalized spacial score (nSPS) is 15.2. The van der Waals surface area contributed by atoms with E-state index in [1.807, 2.05) is 6.07 Å². The highest BCUT2D eigenvalue weighted by Crippen LogP contribution is 2.37. The van der Waals surface area contributed by atoms with Crippen molar-refractivity contribution in [1.29, 1.82) is 0 Å². The van der Waals surface area contributed by atoms with Gasteiger partial charge in [-0.15, -0.1) is 11.3 Å². The largest absolute Gasteiger partial charge is 0.385 e. The molecule has 0 saturated carbocycles. The van der Waals surface area contributed by atoms with Crippen molar-refractivity contribution < 1.29 is 5.11 Å². The van der Waals surface area contributed by atoms with E-state index in [2.05, 4.69) is 37.4 Å². The fourth-order valence-electron chi connectivity index (χ4n) is 2.27. The van der Waals surface area contributed by atoms with Gasteiger partial charge < -0.3 is 5.11 Å². The maximum absolute atomic E-state index is 10.7. The quantitative estimate of drug-likeness (QED) is 0.836. The summed E-state index contributed by atoms with van der Waals surface area (Å²) in [5.41, 5.74) is 0.448. The standard InChI is InChI=1S/C14H18OS/c1-3-9-14(15,4-2)12-7-5-6-11-8-10-16-13(11)12/h5-8,10,15H,3-4,9H2,1-2H3. The molecule has 2 heteroatoms. The number of aliphatic hydroxyl groups is 1. The van der Waals surface area contributed by atoms with Gasteiger partial charge in [0.15, 0.2) is 0 Å². The SMILES string of the molecule is CCCC(O)(CC)c1cccc2ccsc12. The zero-order chi connectivity index (χ0) is 11.6. The molecule has 2 aromatic rings. The van der Waals surface area contributed by atoms with Crippen molar-refractivity contribution in [2.24, 2.45) is 0 Å². The molecule has 1 nitrogen and oxygen atoms in total. The molecule has 0 aliphatic carbocycles. The van der Waals surface area contributed by atoms with Crippen LogP contribution in [0.4, 0.5) is 0 Å². The van der Waals surface area contributed by atoms with E-state index < -0.39 is 5.60 Å². The van der Waals surface area contributed by atoms with Gasteiger partial charge in [-0.05, 0) is 29.7 Å². The van der Waals surface area contributed by atoms with Gasteiger partial charge in [0, 0.05) is 10.3 Å². The van der Waals surface area contributed by atoms with Crippen LogP contribution < -0.4 is 0 Å². The maximum Gasteiger partial charge on any atom is 0.0907 e. The Morgan fingerprint density at radius 3 is 2.75 bits per heavy atom. The van der Waals surface area contributed by atoms with E-state index in [1.54, 1.807) is 11.3 Å². The first-order valence-corrected chi connectivity index (χ1v) is 6.78. The highest BCUT2D eigenvalue weighted by atomic mass is 32.1. The molecule has 0 radical (unpaired) electrons. The molecule has 1 atom stereocenters. The van der Waals surface area contributed by atoms with Crippen LogP contribution in [0.3, 0.4) is 0 Å². The predicted octanol–water partition coefficient (Wildman–Crippen LogP) is 4.30. The lowest BCUT2D eigenvalue weighted by molar-refractivity contribution is 0.0242. The summed E-state index contributed by atoms with van der Waals surface area (Å²) in [4.78, 5) is 0. The van der Waals surface area contributed by atoms with Crippen molar-refractivity contribution in [3.05, 3.63) is 35.2 Å². The van der Waals surface area contributed by atoms with Crippen LogP contribution in [-0.4, -0.2) is 5.11 Å². The Morgan fingerprint density at radius 1 is 1.25 bits per heavy atom. The number of hydrogen-bond acceptors (Lipinski definition) is 2. The second-order valence-corrected chi connectivity index (χ2v) is 5.20. The minimum atomic E-state index is -0.654. The van der Waals surface area contributed by atoms with Crippen molar-refractivity contribution in [2.45, 2.75) is 38.7 Å². The molecule has 0 fully saturated rings. The minimum Gasteiger partial charge on any atom is -0.385 e. The van der Waals surface area contributed by atoms with Gasteiger partial charge in [-0.1, -0.05) is 38.5 Å². The van der Waals surface area contributed by atoms with Crippen molar-refractivity contribution in [3.8, 4) is 0 Å². The molecule has 1 aromatic heterocycles. The molecular formula is C14H18OS. The zero-order valence-electron chi connectivity index (χ0n) is 9.86. The first kappa shape index (κ1) is 11.6. The topological polar surface area (TPSA) is 20.2 Å². The summed E-state index contributed by atoms with van der Waals surface area (Å²) in [6, 6.07) is 8.33. The highest BCUT2D eigenvalue weighted by molar-refractivity contribution is 7.17. The molecule has 0 aliphatic heterocycles. The molecule has 1 N–H and O–H groups in total. The third-order valence-corrected chi connectivity index (χ3v) is 4.19. The van der Waals surface area contributed by atoms with E-state index in [0.29, 0.717) is 0 Å². The Kier molecular flexibility index (Phi) is 3.31. The van der Waals surface area contributed by atoms with Crippen molar-refractivity contribution in [3.63, 3.8) is 0 Å². The number of thiophene rings is 1. The van der Waals surface area contributed by atoms with Crippen LogP contribution in [0.15, 0.2) is 29.6 Å². The Balaban J connectivity index is 2.56. The van der Waals surface area contributed by atoms with E-state index in [9.17, 15) is 5.11 Å². The van der Waals surface area contributed by atoms with Crippen LogP contribution in [0.1, 0.15) is 38.7 Å². The van der Waals surface area contributed by atoms with Gasteiger partial charge in [0.05, 0.1) is 5.60 Å². The summed E-state index contributed by atoms with van der Waals surface area (Å²) in [5, 5.41) is 14.0. The maximum atomic E-state index is 10.7. The molecule has 0 saturated heterocycles. The first-order valence-electron chi connectivity index (χ1n) is 5.90. The first-order chi connectivity index (χ1) is 7.71. The molecule has 0 bridgehead atoms. The van der Waals surface area contributed by atoms with Crippen molar-refractivity contribution >= 4 is 21.4 Å². The van der Waals surface area contributed by atoms with E-state index in [1.165, 1.54) is 10.1 Å². The lowest BCUT2D eigenvalue weighted by Gasteiger charge is -2.27. The zero-order valence-corrected chi connectivity index (χ0v) is 10.7. The van der Waals surface area contributed by atoms with Crippen molar-refractivity contribution in [1.82, 2.24) is 0 Å². The number of benzene rings is 1. The number of rotatable bonds is 4. The minimum absolute atomic E-state index is 0.654. The van der Waals surface area contributed by atoms with Crippen LogP contribution in [0.2, 0.25) is 0 Å². The number of fused-ring (bicyclic) bond motifs is 1. The van der Waals surface area contributed by atoms with Crippen LogP contribution >= 0.6 is 11.3 Å². The van der Waals surface area contributed by atoms with E-state index in [4.69, 9.17) is 0 Å². The molecule has 1 aromatic carbocycles. The van der Waals surface area contributed by atoms with Crippen LogP contribution in [-0.2, 0) is 5.60 Å². The second-order valence-electron chi connectivity index (χ2n) is 4.28. The van der Waals surface area contributed by atoms with Gasteiger partial charge in [-0.3, -0.25) is 0 Å². The van der Waals surface area contributed by atoms with E-state index in [0.717, 1.165) is 24.8 Å². The third-order valence-electron chi connectivity index (χ3n) is 3.23. The summed E-state index contributed by atoms with van der Waals surface area (Å²) in [6.07, 6.45) is 2.62. The number of hydrogen-bond donors (Lipinski definition) is 1. The van der Waals surface area contributed by atoms with Gasteiger partial charge in [-0.2, -0.15) is 0 Å². The Hall–Kier alpha value is -0.860. The lowest BCUT2D eigenvalue weighted by atomic mass is 9.86. The summed E-state index contributed by atoms with van der Waals surface area (Å²) < 4.78 is 1.24. The van der Waals surface area contributed by atoms with Gasteiger partial charge >= 0.3 is 0 Å². The fraction of sp³-hybridized carbons (Fsp3) is 0.429. The molecule has 0 spiro atoms. The third kappa shape index (κ3) is 1.87. The van der Waals surface area contributed by atoms with Crippen LogP contribution in [0.25, 0.3) is 10.1 Å². The summed E-state index contributed by atoms with van der Waals surface area (Å²) in [6.45, 7) is 4.18. The molecule has 0 amide bonds. The molecule has 1 heterocycles. The molecular weight excluding hydrogens is 216 g/mol. The Morgan fingerprint density at radius 2 is 2.06 bits per heavy atom. The van der Waals surface area contributed by atoms with Crippen molar-refractivity contribution in [2.75, 3.05) is 0 Å². The van der Waals surface area contributed by atoms with Gasteiger partial charge in [0.1, 0.15) is 0 Å². The summed E-state index contributed by atoms with van der Waals surface area (Å²) >= 11 is 1.72. The van der Waals surface area contributed by atoms with Gasteiger partial charge in [-0.25, -0.2) is 0 Å². The fourth-order valence-corrected chi connectivity index (χ4v) is 3.28. The predicted molar refractivity (Wildman–Crippen MR) is 70.9 cm³/mol. The van der Waals surface area contributed by atoms with E-state index >= 15 is 0 Å². The van der Waals surface area contributed by atoms with Gasteiger partial charge in [0.2, 0.25) is 0 Å². The smallest absolute Gasteiger partial charge is 0.0907 e. The highest BCUT2D eigenvalue weighted by Gasteiger charge is 2.28.